The number of hydrogen-bond donors (Lipinski definition) is 1. The van der Waals surface area contributed by atoms with Crippen molar-refractivity contribution in [1.29, 1.82) is 0 Å². The maximum Gasteiger partial charge on any atom is 0.0772 e. The van der Waals surface area contributed by atoms with Crippen molar-refractivity contribution in [3.8, 4) is 0 Å². The van der Waals surface area contributed by atoms with E-state index in [1.807, 2.05) is 13.1 Å². The number of nitrogens with one attached hydrogen (secondary N) is 1. The summed E-state index contributed by atoms with van der Waals surface area (Å²) >= 11 is 0. The van der Waals surface area contributed by atoms with Gasteiger partial charge in [-0.3, -0.25) is 0 Å². The molecular formula is C12H25NO. The van der Waals surface area contributed by atoms with Crippen molar-refractivity contribution in [2.24, 2.45) is 5.41 Å². The third-order valence-electron chi connectivity index (χ3n) is 2.53. The lowest BCUT2D eigenvalue weighted by atomic mass is 9.83. The van der Waals surface area contributed by atoms with Gasteiger partial charge in [-0.05, 0) is 25.3 Å². The number of likely N-dealkylation sites (N-methyl/N-ethyl adjacent to an activating group) is 1. The van der Waals surface area contributed by atoms with Crippen LogP contribution in [0.1, 0.15) is 33.6 Å². The van der Waals surface area contributed by atoms with Crippen LogP contribution in [0.15, 0.2) is 12.7 Å². The van der Waals surface area contributed by atoms with Crippen LogP contribution in [0.25, 0.3) is 0 Å². The molecule has 2 atom stereocenters. The standard InChI is InChI=1S/C12H25NO/c1-7-8-9-10(13-5)11(14-6)12(2,3)4/h7,10-11,13H,1,8-9H2,2-6H3. The molecule has 0 heterocycles. The van der Waals surface area contributed by atoms with Gasteiger partial charge in [-0.2, -0.15) is 0 Å². The van der Waals surface area contributed by atoms with Crippen molar-refractivity contribution in [2.75, 3.05) is 14.2 Å². The highest BCUT2D eigenvalue weighted by Crippen LogP contribution is 2.26. The SMILES string of the molecule is C=CCCC(NC)C(OC)C(C)(C)C. The van der Waals surface area contributed by atoms with Gasteiger partial charge in [-0.25, -0.2) is 0 Å². The Bertz CT molecular complexity index is 160. The summed E-state index contributed by atoms with van der Waals surface area (Å²) in [6, 6.07) is 0.401. The van der Waals surface area contributed by atoms with Crippen molar-refractivity contribution in [1.82, 2.24) is 5.32 Å². The number of rotatable bonds is 6. The zero-order valence-corrected chi connectivity index (χ0v) is 10.3. The summed E-state index contributed by atoms with van der Waals surface area (Å²) in [5.74, 6) is 0. The first-order valence-electron chi connectivity index (χ1n) is 5.28. The van der Waals surface area contributed by atoms with Gasteiger partial charge >= 0.3 is 0 Å². The first kappa shape index (κ1) is 13.7. The average molecular weight is 199 g/mol. The fourth-order valence-electron chi connectivity index (χ4n) is 1.87. The first-order valence-corrected chi connectivity index (χ1v) is 5.28. The molecular weight excluding hydrogens is 174 g/mol. The summed E-state index contributed by atoms with van der Waals surface area (Å²) in [5.41, 5.74) is 0.170. The predicted octanol–water partition coefficient (Wildman–Crippen LogP) is 2.60. The van der Waals surface area contributed by atoms with Crippen molar-refractivity contribution < 1.29 is 4.74 Å². The molecule has 1 N–H and O–H groups in total. The van der Waals surface area contributed by atoms with Crippen LogP contribution in [0.5, 0.6) is 0 Å². The Morgan fingerprint density at radius 3 is 2.29 bits per heavy atom. The summed E-state index contributed by atoms with van der Waals surface area (Å²) in [4.78, 5) is 0. The molecule has 0 aliphatic rings. The van der Waals surface area contributed by atoms with E-state index in [0.717, 1.165) is 12.8 Å². The largest absolute Gasteiger partial charge is 0.379 e. The summed E-state index contributed by atoms with van der Waals surface area (Å²) < 4.78 is 5.57. The minimum absolute atomic E-state index is 0.170. The zero-order valence-electron chi connectivity index (χ0n) is 10.3. The van der Waals surface area contributed by atoms with Gasteiger partial charge < -0.3 is 10.1 Å². The van der Waals surface area contributed by atoms with Crippen molar-refractivity contribution in [3.05, 3.63) is 12.7 Å². The molecule has 0 bridgehead atoms. The second-order valence-corrected chi connectivity index (χ2v) is 4.78. The Balaban J connectivity index is 4.36. The van der Waals surface area contributed by atoms with E-state index < -0.39 is 0 Å². The highest BCUT2D eigenvalue weighted by molar-refractivity contribution is 4.86. The fourth-order valence-corrected chi connectivity index (χ4v) is 1.87. The molecule has 84 valence electrons. The number of allylic oxidation sites excluding steroid dienone is 1. The van der Waals surface area contributed by atoms with Gasteiger partial charge in [0.2, 0.25) is 0 Å². The van der Waals surface area contributed by atoms with E-state index in [-0.39, 0.29) is 11.5 Å². The predicted molar refractivity (Wildman–Crippen MR) is 62.5 cm³/mol. The van der Waals surface area contributed by atoms with Gasteiger partial charge in [0.15, 0.2) is 0 Å². The van der Waals surface area contributed by atoms with E-state index >= 15 is 0 Å². The lowest BCUT2D eigenvalue weighted by molar-refractivity contribution is -0.0111. The highest BCUT2D eigenvalue weighted by Gasteiger charge is 2.30. The third-order valence-corrected chi connectivity index (χ3v) is 2.53. The monoisotopic (exact) mass is 199 g/mol. The summed E-state index contributed by atoms with van der Waals surface area (Å²) in [5, 5.41) is 3.32. The molecule has 0 aromatic heterocycles. The van der Waals surface area contributed by atoms with Gasteiger partial charge in [0.05, 0.1) is 6.10 Å². The number of ether oxygens (including phenoxy) is 1. The van der Waals surface area contributed by atoms with E-state index in [1.54, 1.807) is 7.11 Å². The molecule has 2 heteroatoms. The number of methoxy groups -OCH3 is 1. The molecule has 0 saturated carbocycles. The average Bonchev–Trinajstić information content (AvgIpc) is 2.09. The molecule has 0 spiro atoms. The van der Waals surface area contributed by atoms with E-state index in [2.05, 4.69) is 32.7 Å². The maximum atomic E-state index is 5.57. The molecule has 0 rings (SSSR count). The lowest BCUT2D eigenvalue weighted by Crippen LogP contribution is -2.46. The van der Waals surface area contributed by atoms with E-state index in [9.17, 15) is 0 Å². The first-order chi connectivity index (χ1) is 6.47. The third kappa shape index (κ3) is 4.25. The summed E-state index contributed by atoms with van der Waals surface area (Å²) in [6.45, 7) is 10.4. The molecule has 0 aromatic carbocycles. The molecule has 14 heavy (non-hydrogen) atoms. The van der Waals surface area contributed by atoms with Crippen LogP contribution >= 0.6 is 0 Å². The summed E-state index contributed by atoms with van der Waals surface area (Å²) in [7, 11) is 3.78. The Hall–Kier alpha value is -0.340. The molecule has 0 aliphatic carbocycles. The topological polar surface area (TPSA) is 21.3 Å². The summed E-state index contributed by atoms with van der Waals surface area (Å²) in [6.07, 6.45) is 4.31. The van der Waals surface area contributed by atoms with Gasteiger partial charge in [-0.1, -0.05) is 26.8 Å². The minimum atomic E-state index is 0.170. The highest BCUT2D eigenvalue weighted by atomic mass is 16.5. The molecule has 0 amide bonds. The van der Waals surface area contributed by atoms with E-state index in [1.165, 1.54) is 0 Å². The Morgan fingerprint density at radius 2 is 2.00 bits per heavy atom. The van der Waals surface area contributed by atoms with E-state index in [0.29, 0.717) is 6.04 Å². The molecule has 0 fully saturated rings. The van der Waals surface area contributed by atoms with Crippen LogP contribution in [0.3, 0.4) is 0 Å². The molecule has 0 aromatic rings. The van der Waals surface area contributed by atoms with Crippen LogP contribution in [-0.4, -0.2) is 26.3 Å². The normalized spacial score (nSPS) is 16.4. The zero-order chi connectivity index (χ0) is 11.2. The fraction of sp³-hybridized carbons (Fsp3) is 0.833. The number of hydrogen-bond acceptors (Lipinski definition) is 2. The second-order valence-electron chi connectivity index (χ2n) is 4.78. The molecule has 0 saturated heterocycles. The van der Waals surface area contributed by atoms with Gasteiger partial charge in [0.25, 0.3) is 0 Å². The molecule has 0 radical (unpaired) electrons. The Labute approximate surface area is 88.7 Å². The molecule has 2 unspecified atom stereocenters. The second kappa shape index (κ2) is 6.20. The van der Waals surface area contributed by atoms with Crippen molar-refractivity contribution in [2.45, 2.75) is 45.8 Å². The van der Waals surface area contributed by atoms with Crippen LogP contribution in [0.2, 0.25) is 0 Å². The van der Waals surface area contributed by atoms with Gasteiger partial charge in [0.1, 0.15) is 0 Å². The van der Waals surface area contributed by atoms with Gasteiger partial charge in [0, 0.05) is 13.2 Å². The van der Waals surface area contributed by atoms with Crippen molar-refractivity contribution >= 4 is 0 Å². The van der Waals surface area contributed by atoms with Crippen LogP contribution in [-0.2, 0) is 4.74 Å². The van der Waals surface area contributed by atoms with E-state index in [4.69, 9.17) is 4.74 Å². The quantitative estimate of drug-likeness (QED) is 0.664. The van der Waals surface area contributed by atoms with Crippen molar-refractivity contribution in [3.63, 3.8) is 0 Å². The Morgan fingerprint density at radius 1 is 1.43 bits per heavy atom. The smallest absolute Gasteiger partial charge is 0.0772 e. The van der Waals surface area contributed by atoms with Crippen LogP contribution in [0, 0.1) is 5.41 Å². The van der Waals surface area contributed by atoms with Gasteiger partial charge in [-0.15, -0.1) is 6.58 Å². The molecule has 2 nitrogen and oxygen atoms in total. The van der Waals surface area contributed by atoms with Crippen LogP contribution in [0.4, 0.5) is 0 Å². The lowest BCUT2D eigenvalue weighted by Gasteiger charge is -2.35. The molecule has 0 aliphatic heterocycles. The minimum Gasteiger partial charge on any atom is -0.379 e. The van der Waals surface area contributed by atoms with Crippen LogP contribution < -0.4 is 5.32 Å². The Kier molecular flexibility index (Phi) is 6.05. The maximum absolute atomic E-state index is 5.57.